The van der Waals surface area contributed by atoms with Crippen molar-refractivity contribution in [3.63, 3.8) is 0 Å². The van der Waals surface area contributed by atoms with Crippen LogP contribution >= 0.6 is 0 Å². The fourth-order valence-corrected chi connectivity index (χ4v) is 2.79. The summed E-state index contributed by atoms with van der Waals surface area (Å²) in [5, 5.41) is 9.65. The third-order valence-electron chi connectivity index (χ3n) is 3.91. The van der Waals surface area contributed by atoms with Gasteiger partial charge in [-0.15, -0.1) is 0 Å². The van der Waals surface area contributed by atoms with Gasteiger partial charge in [-0.1, -0.05) is 49.0 Å². The van der Waals surface area contributed by atoms with E-state index in [-0.39, 0.29) is 5.75 Å². The number of aromatic nitrogens is 2. The molecular formula is C20H21N3O. The third kappa shape index (κ3) is 3.84. The molecule has 0 radical (unpaired) electrons. The van der Waals surface area contributed by atoms with Crippen molar-refractivity contribution in [1.29, 1.82) is 0 Å². The van der Waals surface area contributed by atoms with Gasteiger partial charge in [0.1, 0.15) is 5.75 Å². The topological polar surface area (TPSA) is 64.1 Å². The first kappa shape index (κ1) is 15.9. The van der Waals surface area contributed by atoms with E-state index in [1.54, 1.807) is 12.1 Å². The van der Waals surface area contributed by atoms with Crippen molar-refractivity contribution in [3.8, 4) is 5.75 Å². The third-order valence-corrected chi connectivity index (χ3v) is 3.91. The van der Waals surface area contributed by atoms with Crippen molar-refractivity contribution in [1.82, 2.24) is 9.55 Å². The molecule has 3 aromatic rings. The molecule has 0 bridgehead atoms. The van der Waals surface area contributed by atoms with Crippen LogP contribution in [-0.4, -0.2) is 14.7 Å². The molecule has 2 aromatic carbocycles. The predicted molar refractivity (Wildman–Crippen MR) is 95.7 cm³/mol. The molecule has 1 aromatic heterocycles. The van der Waals surface area contributed by atoms with Crippen LogP contribution in [0.1, 0.15) is 22.5 Å². The van der Waals surface area contributed by atoms with Crippen molar-refractivity contribution < 1.29 is 5.11 Å². The number of imidazole rings is 1. The molecule has 0 spiro atoms. The van der Waals surface area contributed by atoms with E-state index in [2.05, 4.69) is 28.3 Å². The predicted octanol–water partition coefficient (Wildman–Crippen LogP) is 3.24. The van der Waals surface area contributed by atoms with Crippen LogP contribution in [0.5, 0.6) is 5.75 Å². The van der Waals surface area contributed by atoms with Crippen LogP contribution in [-0.2, 0) is 19.4 Å². The fourth-order valence-electron chi connectivity index (χ4n) is 2.79. The summed E-state index contributed by atoms with van der Waals surface area (Å²) in [7, 11) is 0. The zero-order valence-corrected chi connectivity index (χ0v) is 13.5. The summed E-state index contributed by atoms with van der Waals surface area (Å²) in [5.41, 5.74) is 10.8. The number of hydrogen-bond donors (Lipinski definition) is 2. The standard InChI is InChI=1S/C20H21N3O/c1-15(21)10-20-19(12-16-6-3-2-4-7-16)22-14-23(20)13-17-8-5-9-18(24)11-17/h2-9,11,14,24H,1,10,12-13,21H2. The van der Waals surface area contributed by atoms with Gasteiger partial charge in [-0.3, -0.25) is 0 Å². The second kappa shape index (κ2) is 7.04. The lowest BCUT2D eigenvalue weighted by Crippen LogP contribution is -2.09. The van der Waals surface area contributed by atoms with E-state index in [1.165, 1.54) is 5.56 Å². The molecule has 122 valence electrons. The molecule has 0 aliphatic heterocycles. The SMILES string of the molecule is C=C(N)Cc1c(Cc2ccccc2)ncn1Cc1cccc(O)c1. The molecule has 4 nitrogen and oxygen atoms in total. The van der Waals surface area contributed by atoms with Gasteiger partial charge in [-0.05, 0) is 23.3 Å². The maximum Gasteiger partial charge on any atom is 0.115 e. The Hall–Kier alpha value is -3.01. The van der Waals surface area contributed by atoms with Crippen LogP contribution in [0.3, 0.4) is 0 Å². The van der Waals surface area contributed by atoms with Gasteiger partial charge in [0.2, 0.25) is 0 Å². The van der Waals surface area contributed by atoms with E-state index in [1.807, 2.05) is 36.7 Å². The number of aromatic hydroxyl groups is 1. The first-order valence-electron chi connectivity index (χ1n) is 7.90. The summed E-state index contributed by atoms with van der Waals surface area (Å²) in [6.45, 7) is 4.47. The number of nitrogens with zero attached hydrogens (tertiary/aromatic N) is 2. The lowest BCUT2D eigenvalue weighted by molar-refractivity contribution is 0.474. The molecule has 0 atom stereocenters. The van der Waals surface area contributed by atoms with Crippen LogP contribution < -0.4 is 5.73 Å². The minimum atomic E-state index is 0.266. The van der Waals surface area contributed by atoms with Crippen molar-refractivity contribution in [3.05, 3.63) is 95.7 Å². The van der Waals surface area contributed by atoms with Crippen molar-refractivity contribution in [2.75, 3.05) is 0 Å². The van der Waals surface area contributed by atoms with Crippen molar-refractivity contribution >= 4 is 0 Å². The number of rotatable bonds is 6. The highest BCUT2D eigenvalue weighted by molar-refractivity contribution is 5.30. The summed E-state index contributed by atoms with van der Waals surface area (Å²) in [5.74, 6) is 0.266. The second-order valence-electron chi connectivity index (χ2n) is 5.93. The normalized spacial score (nSPS) is 10.7. The maximum atomic E-state index is 9.65. The Balaban J connectivity index is 1.90. The summed E-state index contributed by atoms with van der Waals surface area (Å²) >= 11 is 0. The van der Waals surface area contributed by atoms with E-state index < -0.39 is 0 Å². The highest BCUT2D eigenvalue weighted by Crippen LogP contribution is 2.18. The molecule has 24 heavy (non-hydrogen) atoms. The van der Waals surface area contributed by atoms with Crippen LogP contribution in [0.15, 0.2) is 73.2 Å². The largest absolute Gasteiger partial charge is 0.508 e. The molecule has 3 N–H and O–H groups in total. The number of nitrogens with two attached hydrogens (primary N) is 1. The molecule has 0 unspecified atom stereocenters. The summed E-state index contributed by atoms with van der Waals surface area (Å²) < 4.78 is 2.07. The first-order valence-corrected chi connectivity index (χ1v) is 7.90. The average Bonchev–Trinajstić information content (AvgIpc) is 2.90. The molecule has 4 heteroatoms. The van der Waals surface area contributed by atoms with Gasteiger partial charge in [-0.25, -0.2) is 4.98 Å². The first-order chi connectivity index (χ1) is 11.6. The Morgan fingerprint density at radius 1 is 1.08 bits per heavy atom. The van der Waals surface area contributed by atoms with E-state index in [4.69, 9.17) is 5.73 Å². The van der Waals surface area contributed by atoms with Gasteiger partial charge in [0.25, 0.3) is 0 Å². The van der Waals surface area contributed by atoms with Crippen LogP contribution in [0.2, 0.25) is 0 Å². The minimum absolute atomic E-state index is 0.266. The fraction of sp³-hybridized carbons (Fsp3) is 0.150. The molecule has 0 aliphatic carbocycles. The number of hydrogen-bond acceptors (Lipinski definition) is 3. The van der Waals surface area contributed by atoms with E-state index in [9.17, 15) is 5.11 Å². The van der Waals surface area contributed by atoms with Gasteiger partial charge in [-0.2, -0.15) is 0 Å². The van der Waals surface area contributed by atoms with Gasteiger partial charge in [0.05, 0.1) is 12.0 Å². The lowest BCUT2D eigenvalue weighted by atomic mass is 10.1. The molecule has 0 aliphatic rings. The van der Waals surface area contributed by atoms with Crippen molar-refractivity contribution in [2.24, 2.45) is 5.73 Å². The maximum absolute atomic E-state index is 9.65. The monoisotopic (exact) mass is 319 g/mol. The zero-order chi connectivity index (χ0) is 16.9. The number of benzene rings is 2. The molecular weight excluding hydrogens is 298 g/mol. The number of allylic oxidation sites excluding steroid dienone is 1. The summed E-state index contributed by atoms with van der Waals surface area (Å²) in [6, 6.07) is 17.5. The van der Waals surface area contributed by atoms with E-state index in [0.29, 0.717) is 18.7 Å². The van der Waals surface area contributed by atoms with Crippen LogP contribution in [0, 0.1) is 0 Å². The molecule has 3 rings (SSSR count). The molecule has 1 heterocycles. The molecule has 0 saturated heterocycles. The smallest absolute Gasteiger partial charge is 0.115 e. The second-order valence-corrected chi connectivity index (χ2v) is 5.93. The highest BCUT2D eigenvalue weighted by Gasteiger charge is 2.12. The van der Waals surface area contributed by atoms with E-state index in [0.717, 1.165) is 23.4 Å². The van der Waals surface area contributed by atoms with Gasteiger partial charge in [0.15, 0.2) is 0 Å². The molecule has 0 amide bonds. The summed E-state index contributed by atoms with van der Waals surface area (Å²) in [4.78, 5) is 4.59. The Labute approximate surface area is 141 Å². The Morgan fingerprint density at radius 2 is 1.83 bits per heavy atom. The summed E-state index contributed by atoms with van der Waals surface area (Å²) in [6.07, 6.45) is 3.18. The number of phenolic OH excluding ortho intramolecular Hbond substituents is 1. The molecule has 0 fully saturated rings. The van der Waals surface area contributed by atoms with Crippen molar-refractivity contribution in [2.45, 2.75) is 19.4 Å². The highest BCUT2D eigenvalue weighted by atomic mass is 16.3. The van der Waals surface area contributed by atoms with Gasteiger partial charge >= 0.3 is 0 Å². The zero-order valence-electron chi connectivity index (χ0n) is 13.5. The Morgan fingerprint density at radius 3 is 2.54 bits per heavy atom. The van der Waals surface area contributed by atoms with Gasteiger partial charge < -0.3 is 15.4 Å². The van der Waals surface area contributed by atoms with Gasteiger partial charge in [0, 0.05) is 30.8 Å². The van der Waals surface area contributed by atoms with Crippen LogP contribution in [0.25, 0.3) is 0 Å². The average molecular weight is 319 g/mol. The molecule has 0 saturated carbocycles. The number of phenols is 1. The Kier molecular flexibility index (Phi) is 4.66. The lowest BCUT2D eigenvalue weighted by Gasteiger charge is -2.11. The van der Waals surface area contributed by atoms with E-state index >= 15 is 0 Å². The minimum Gasteiger partial charge on any atom is -0.508 e. The Bertz CT molecular complexity index is 837. The quantitative estimate of drug-likeness (QED) is 0.733. The van der Waals surface area contributed by atoms with Crippen LogP contribution in [0.4, 0.5) is 0 Å².